The summed E-state index contributed by atoms with van der Waals surface area (Å²) in [5.41, 5.74) is 4.05. The van der Waals surface area contributed by atoms with Crippen molar-refractivity contribution in [2.45, 2.75) is 37.1 Å². The highest BCUT2D eigenvalue weighted by molar-refractivity contribution is 7.98. The zero-order valence-corrected chi connectivity index (χ0v) is 16.5. The molecule has 4 rings (SSSR count). The number of likely N-dealkylation sites (tertiary alicyclic amines) is 1. The molecule has 0 bridgehead atoms. The molecule has 2 aromatic carbocycles. The summed E-state index contributed by atoms with van der Waals surface area (Å²) in [5.74, 6) is 1.66. The van der Waals surface area contributed by atoms with E-state index in [0.717, 1.165) is 53.4 Å². The Morgan fingerprint density at radius 3 is 2.81 bits per heavy atom. The molecule has 0 radical (unpaired) electrons. The van der Waals surface area contributed by atoms with Crippen LogP contribution in [-0.4, -0.2) is 33.9 Å². The Morgan fingerprint density at radius 2 is 2.04 bits per heavy atom. The SMILES string of the molecule is CCC1CCCN(C(=O)c2ccc(CSc3nc4ccccc4[nH]3)cc2)C1. The van der Waals surface area contributed by atoms with E-state index in [-0.39, 0.29) is 5.91 Å². The Hall–Kier alpha value is -2.27. The number of imidazole rings is 1. The summed E-state index contributed by atoms with van der Waals surface area (Å²) in [7, 11) is 0. The van der Waals surface area contributed by atoms with Crippen molar-refractivity contribution in [2.24, 2.45) is 5.92 Å². The van der Waals surface area contributed by atoms with Gasteiger partial charge in [0.05, 0.1) is 11.0 Å². The van der Waals surface area contributed by atoms with E-state index in [0.29, 0.717) is 5.92 Å². The van der Waals surface area contributed by atoms with Gasteiger partial charge in [0, 0.05) is 24.4 Å². The van der Waals surface area contributed by atoms with Crippen molar-refractivity contribution in [1.29, 1.82) is 0 Å². The zero-order chi connectivity index (χ0) is 18.6. The maximum Gasteiger partial charge on any atom is 0.253 e. The lowest BCUT2D eigenvalue weighted by molar-refractivity contribution is 0.0671. The van der Waals surface area contributed by atoms with E-state index in [2.05, 4.69) is 29.0 Å². The predicted octanol–water partition coefficient (Wildman–Crippen LogP) is 5.12. The number of para-hydroxylation sites is 2. The first-order chi connectivity index (χ1) is 13.2. The van der Waals surface area contributed by atoms with Crippen molar-refractivity contribution in [3.05, 3.63) is 59.7 Å². The molecular weight excluding hydrogens is 354 g/mol. The van der Waals surface area contributed by atoms with Crippen molar-refractivity contribution in [3.8, 4) is 0 Å². The summed E-state index contributed by atoms with van der Waals surface area (Å²) in [6.07, 6.45) is 3.52. The predicted molar refractivity (Wildman–Crippen MR) is 111 cm³/mol. The summed E-state index contributed by atoms with van der Waals surface area (Å²) in [5, 5.41) is 0.926. The highest BCUT2D eigenvalue weighted by atomic mass is 32.2. The number of rotatable bonds is 5. The monoisotopic (exact) mass is 379 g/mol. The number of thioether (sulfide) groups is 1. The van der Waals surface area contributed by atoms with Crippen molar-refractivity contribution in [2.75, 3.05) is 13.1 Å². The van der Waals surface area contributed by atoms with Gasteiger partial charge < -0.3 is 9.88 Å². The number of nitrogens with zero attached hydrogens (tertiary/aromatic N) is 2. The highest BCUT2D eigenvalue weighted by Crippen LogP contribution is 2.24. The van der Waals surface area contributed by atoms with Gasteiger partial charge in [-0.1, -0.05) is 49.4 Å². The normalized spacial score (nSPS) is 17.4. The third kappa shape index (κ3) is 4.19. The van der Waals surface area contributed by atoms with Gasteiger partial charge in [-0.15, -0.1) is 0 Å². The molecule has 1 atom stereocenters. The minimum absolute atomic E-state index is 0.171. The Kier molecular flexibility index (Phi) is 5.48. The van der Waals surface area contributed by atoms with E-state index in [4.69, 9.17) is 0 Å². The van der Waals surface area contributed by atoms with Crippen LogP contribution in [-0.2, 0) is 5.75 Å². The van der Waals surface area contributed by atoms with Crippen molar-refractivity contribution in [1.82, 2.24) is 14.9 Å². The second kappa shape index (κ2) is 8.17. The van der Waals surface area contributed by atoms with Crippen LogP contribution in [0.5, 0.6) is 0 Å². The van der Waals surface area contributed by atoms with E-state index in [1.165, 1.54) is 12.0 Å². The van der Waals surface area contributed by atoms with Crippen molar-refractivity contribution < 1.29 is 4.79 Å². The summed E-state index contributed by atoms with van der Waals surface area (Å²) in [6.45, 7) is 4.01. The second-order valence-corrected chi connectivity index (χ2v) is 8.18. The topological polar surface area (TPSA) is 49.0 Å². The second-order valence-electron chi connectivity index (χ2n) is 7.21. The van der Waals surface area contributed by atoms with Crippen LogP contribution in [0.1, 0.15) is 42.1 Å². The van der Waals surface area contributed by atoms with Gasteiger partial charge in [-0.25, -0.2) is 4.98 Å². The molecule has 140 valence electrons. The molecule has 3 aromatic rings. The smallest absolute Gasteiger partial charge is 0.253 e. The van der Waals surface area contributed by atoms with Crippen LogP contribution >= 0.6 is 11.8 Å². The number of piperidine rings is 1. The summed E-state index contributed by atoms with van der Waals surface area (Å²) >= 11 is 1.68. The molecular formula is C22H25N3OS. The fourth-order valence-corrected chi connectivity index (χ4v) is 4.50. The molecule has 2 heterocycles. The van der Waals surface area contributed by atoms with Crippen LogP contribution in [0.3, 0.4) is 0 Å². The molecule has 1 aliphatic rings. The van der Waals surface area contributed by atoms with E-state index >= 15 is 0 Å². The third-order valence-corrected chi connectivity index (χ3v) is 6.27. The first-order valence-electron chi connectivity index (χ1n) is 9.68. The van der Waals surface area contributed by atoms with Gasteiger partial charge in [-0.2, -0.15) is 0 Å². The molecule has 1 saturated heterocycles. The Balaban J connectivity index is 1.37. The Morgan fingerprint density at radius 1 is 1.22 bits per heavy atom. The Bertz CT molecular complexity index is 886. The van der Waals surface area contributed by atoms with Gasteiger partial charge in [-0.05, 0) is 48.6 Å². The fraction of sp³-hybridized carbons (Fsp3) is 0.364. The van der Waals surface area contributed by atoms with Crippen LogP contribution < -0.4 is 0 Å². The van der Waals surface area contributed by atoms with Crippen LogP contribution in [0.4, 0.5) is 0 Å². The van der Waals surface area contributed by atoms with Crippen molar-refractivity contribution >= 4 is 28.7 Å². The molecule has 0 aliphatic carbocycles. The standard InChI is InChI=1S/C22H25N3OS/c1-2-16-6-5-13-25(14-16)21(26)18-11-9-17(10-12-18)15-27-22-23-19-7-3-4-8-20(19)24-22/h3-4,7-12,16H,2,5-6,13-15H2,1H3,(H,23,24). The fourth-order valence-electron chi connectivity index (χ4n) is 3.66. The maximum atomic E-state index is 12.8. The van der Waals surface area contributed by atoms with E-state index < -0.39 is 0 Å². The molecule has 5 heteroatoms. The third-order valence-electron chi connectivity index (χ3n) is 5.33. The molecule has 0 spiro atoms. The molecule has 1 fully saturated rings. The first kappa shape index (κ1) is 18.1. The average molecular weight is 380 g/mol. The zero-order valence-electron chi connectivity index (χ0n) is 15.6. The number of carbonyl (C=O) groups excluding carboxylic acids is 1. The van der Waals surface area contributed by atoms with Gasteiger partial charge in [-0.3, -0.25) is 4.79 Å². The number of hydrogen-bond acceptors (Lipinski definition) is 3. The average Bonchev–Trinajstić information content (AvgIpc) is 3.15. The molecule has 1 aliphatic heterocycles. The van der Waals surface area contributed by atoms with E-state index in [1.54, 1.807) is 11.8 Å². The first-order valence-corrected chi connectivity index (χ1v) is 10.7. The maximum absolute atomic E-state index is 12.8. The molecule has 27 heavy (non-hydrogen) atoms. The summed E-state index contributed by atoms with van der Waals surface area (Å²) < 4.78 is 0. The molecule has 1 amide bonds. The number of H-pyrrole nitrogens is 1. The minimum Gasteiger partial charge on any atom is -0.338 e. The Labute approximate surface area is 164 Å². The number of amides is 1. The molecule has 0 saturated carbocycles. The number of aromatic nitrogens is 2. The van der Waals surface area contributed by atoms with Gasteiger partial charge in [0.1, 0.15) is 0 Å². The summed E-state index contributed by atoms with van der Waals surface area (Å²) in [6, 6.07) is 16.1. The van der Waals surface area contributed by atoms with Crippen LogP contribution in [0.2, 0.25) is 0 Å². The lowest BCUT2D eigenvalue weighted by atomic mass is 9.95. The largest absolute Gasteiger partial charge is 0.338 e. The van der Waals surface area contributed by atoms with E-state index in [9.17, 15) is 4.79 Å². The molecule has 1 unspecified atom stereocenters. The lowest BCUT2D eigenvalue weighted by Crippen LogP contribution is -2.39. The number of aromatic amines is 1. The van der Waals surface area contributed by atoms with Gasteiger partial charge >= 0.3 is 0 Å². The van der Waals surface area contributed by atoms with Gasteiger partial charge in [0.25, 0.3) is 5.91 Å². The lowest BCUT2D eigenvalue weighted by Gasteiger charge is -2.32. The highest BCUT2D eigenvalue weighted by Gasteiger charge is 2.23. The van der Waals surface area contributed by atoms with Gasteiger partial charge in [0.2, 0.25) is 0 Å². The van der Waals surface area contributed by atoms with Crippen LogP contribution in [0, 0.1) is 5.92 Å². The van der Waals surface area contributed by atoms with Crippen LogP contribution in [0.25, 0.3) is 11.0 Å². The number of fused-ring (bicyclic) bond motifs is 1. The number of benzene rings is 2. The van der Waals surface area contributed by atoms with Gasteiger partial charge in [0.15, 0.2) is 5.16 Å². The molecule has 1 N–H and O–H groups in total. The number of nitrogens with one attached hydrogen (secondary N) is 1. The minimum atomic E-state index is 0.171. The summed E-state index contributed by atoms with van der Waals surface area (Å²) in [4.78, 5) is 22.7. The molecule has 4 nitrogen and oxygen atoms in total. The number of hydrogen-bond donors (Lipinski definition) is 1. The molecule has 1 aromatic heterocycles. The number of carbonyl (C=O) groups is 1. The van der Waals surface area contributed by atoms with E-state index in [1.807, 2.05) is 41.3 Å². The van der Waals surface area contributed by atoms with Crippen molar-refractivity contribution in [3.63, 3.8) is 0 Å². The quantitative estimate of drug-likeness (QED) is 0.626. The van der Waals surface area contributed by atoms with Crippen LogP contribution in [0.15, 0.2) is 53.7 Å².